The van der Waals surface area contributed by atoms with Gasteiger partial charge in [0, 0.05) is 6.54 Å². The van der Waals surface area contributed by atoms with E-state index in [1.54, 1.807) is 45.4 Å². The Kier molecular flexibility index (Phi) is 7.02. The summed E-state index contributed by atoms with van der Waals surface area (Å²) in [5, 5.41) is 2.75. The van der Waals surface area contributed by atoms with Crippen LogP contribution in [0.4, 0.5) is 0 Å². The van der Waals surface area contributed by atoms with Crippen molar-refractivity contribution >= 4 is 11.9 Å². The third kappa shape index (κ3) is 5.81. The van der Waals surface area contributed by atoms with Gasteiger partial charge in [-0.05, 0) is 42.3 Å². The molecule has 1 amide bonds. The highest BCUT2D eigenvalue weighted by atomic mass is 16.5. The minimum absolute atomic E-state index is 0.0767. The fourth-order valence-corrected chi connectivity index (χ4v) is 2.32. The number of rotatable bonds is 8. The summed E-state index contributed by atoms with van der Waals surface area (Å²) in [5.74, 6) is 0.602. The van der Waals surface area contributed by atoms with E-state index in [9.17, 15) is 9.59 Å². The van der Waals surface area contributed by atoms with Crippen molar-refractivity contribution in [3.63, 3.8) is 0 Å². The van der Waals surface area contributed by atoms with Gasteiger partial charge < -0.3 is 19.5 Å². The fourth-order valence-electron chi connectivity index (χ4n) is 2.32. The molecule has 0 aliphatic carbocycles. The first-order chi connectivity index (χ1) is 12.5. The van der Waals surface area contributed by atoms with Crippen LogP contribution in [0.25, 0.3) is 0 Å². The van der Waals surface area contributed by atoms with E-state index in [0.29, 0.717) is 12.3 Å². The second-order valence-corrected chi connectivity index (χ2v) is 5.73. The Balaban J connectivity index is 1.80. The van der Waals surface area contributed by atoms with Crippen molar-refractivity contribution in [1.82, 2.24) is 5.32 Å². The summed E-state index contributed by atoms with van der Waals surface area (Å²) in [7, 11) is 3.16. The number of benzene rings is 2. The van der Waals surface area contributed by atoms with Crippen molar-refractivity contribution in [2.45, 2.75) is 26.0 Å². The van der Waals surface area contributed by atoms with Gasteiger partial charge in [0.1, 0.15) is 11.5 Å². The third-order valence-corrected chi connectivity index (χ3v) is 3.79. The summed E-state index contributed by atoms with van der Waals surface area (Å²) in [6.07, 6.45) is -0.792. The maximum absolute atomic E-state index is 12.1. The van der Waals surface area contributed by atoms with E-state index in [0.717, 1.165) is 16.9 Å². The van der Waals surface area contributed by atoms with E-state index in [-0.39, 0.29) is 12.3 Å². The van der Waals surface area contributed by atoms with Gasteiger partial charge in [0.25, 0.3) is 5.91 Å². The zero-order valence-corrected chi connectivity index (χ0v) is 15.2. The quantitative estimate of drug-likeness (QED) is 0.735. The lowest BCUT2D eigenvalue weighted by atomic mass is 10.1. The molecule has 2 aromatic rings. The molecule has 0 saturated heterocycles. The van der Waals surface area contributed by atoms with E-state index < -0.39 is 12.1 Å². The van der Waals surface area contributed by atoms with Gasteiger partial charge in [-0.3, -0.25) is 9.59 Å². The standard InChI is InChI=1S/C20H23NO5/c1-14(20(23)21-13-15-7-9-17(24-2)10-8-15)26-19(22)12-16-5-4-6-18(11-16)25-3/h4-11,14H,12-13H2,1-3H3,(H,21,23)/t14-/m1/s1. The Labute approximate surface area is 153 Å². The Morgan fingerprint density at radius 3 is 2.31 bits per heavy atom. The van der Waals surface area contributed by atoms with E-state index in [1.165, 1.54) is 0 Å². The minimum atomic E-state index is -0.869. The molecule has 0 unspecified atom stereocenters. The zero-order chi connectivity index (χ0) is 18.9. The van der Waals surface area contributed by atoms with Gasteiger partial charge >= 0.3 is 5.97 Å². The lowest BCUT2D eigenvalue weighted by Gasteiger charge is -2.14. The average Bonchev–Trinajstić information content (AvgIpc) is 2.66. The first kappa shape index (κ1) is 19.3. The molecule has 0 spiro atoms. The molecule has 0 bridgehead atoms. The van der Waals surface area contributed by atoms with E-state index >= 15 is 0 Å². The molecule has 6 heteroatoms. The molecule has 1 N–H and O–H groups in total. The molecule has 0 fully saturated rings. The SMILES string of the molecule is COc1ccc(CNC(=O)[C@@H](C)OC(=O)Cc2cccc(OC)c2)cc1. The molecule has 2 aromatic carbocycles. The van der Waals surface area contributed by atoms with Crippen LogP contribution in [0.2, 0.25) is 0 Å². The van der Waals surface area contributed by atoms with Crippen LogP contribution in [0.3, 0.4) is 0 Å². The van der Waals surface area contributed by atoms with Gasteiger partial charge in [-0.25, -0.2) is 0 Å². The smallest absolute Gasteiger partial charge is 0.311 e. The van der Waals surface area contributed by atoms with Crippen LogP contribution >= 0.6 is 0 Å². The molecule has 26 heavy (non-hydrogen) atoms. The number of carbonyl (C=O) groups excluding carboxylic acids is 2. The van der Waals surface area contributed by atoms with Crippen LogP contribution < -0.4 is 14.8 Å². The van der Waals surface area contributed by atoms with Crippen molar-refractivity contribution in [3.05, 3.63) is 59.7 Å². The van der Waals surface area contributed by atoms with Gasteiger partial charge in [0.2, 0.25) is 0 Å². The second-order valence-electron chi connectivity index (χ2n) is 5.73. The zero-order valence-electron chi connectivity index (χ0n) is 15.2. The van der Waals surface area contributed by atoms with Crippen molar-refractivity contribution in [3.8, 4) is 11.5 Å². The number of ether oxygens (including phenoxy) is 3. The number of amides is 1. The fraction of sp³-hybridized carbons (Fsp3) is 0.300. The Hall–Kier alpha value is -3.02. The highest BCUT2D eigenvalue weighted by molar-refractivity contribution is 5.83. The summed E-state index contributed by atoms with van der Waals surface area (Å²) in [6, 6.07) is 14.5. The third-order valence-electron chi connectivity index (χ3n) is 3.79. The van der Waals surface area contributed by atoms with Crippen molar-refractivity contribution in [1.29, 1.82) is 0 Å². The van der Waals surface area contributed by atoms with Gasteiger partial charge in [-0.2, -0.15) is 0 Å². The Bertz CT molecular complexity index is 742. The van der Waals surface area contributed by atoms with E-state index in [1.807, 2.05) is 24.3 Å². The van der Waals surface area contributed by atoms with Crippen molar-refractivity contribution < 1.29 is 23.8 Å². The number of methoxy groups -OCH3 is 2. The highest BCUT2D eigenvalue weighted by Crippen LogP contribution is 2.14. The van der Waals surface area contributed by atoms with Crippen LogP contribution in [0, 0.1) is 0 Å². The van der Waals surface area contributed by atoms with Crippen LogP contribution in [-0.4, -0.2) is 32.2 Å². The Morgan fingerprint density at radius 2 is 1.65 bits per heavy atom. The summed E-state index contributed by atoms with van der Waals surface area (Å²) in [5.41, 5.74) is 1.69. The summed E-state index contributed by atoms with van der Waals surface area (Å²) in [6.45, 7) is 1.90. The van der Waals surface area contributed by atoms with Gasteiger partial charge in [-0.15, -0.1) is 0 Å². The summed E-state index contributed by atoms with van der Waals surface area (Å²) in [4.78, 5) is 24.1. The van der Waals surface area contributed by atoms with Gasteiger partial charge in [0.15, 0.2) is 6.10 Å². The lowest BCUT2D eigenvalue weighted by molar-refractivity contribution is -0.154. The number of nitrogens with one attached hydrogen (secondary N) is 1. The molecule has 0 aromatic heterocycles. The minimum Gasteiger partial charge on any atom is -0.497 e. The Morgan fingerprint density at radius 1 is 0.962 bits per heavy atom. The van der Waals surface area contributed by atoms with Crippen LogP contribution in [-0.2, 0) is 27.3 Å². The first-order valence-corrected chi connectivity index (χ1v) is 8.25. The maximum atomic E-state index is 12.1. The molecule has 2 rings (SSSR count). The molecule has 1 atom stereocenters. The summed E-state index contributed by atoms with van der Waals surface area (Å²) < 4.78 is 15.4. The van der Waals surface area contributed by atoms with Gasteiger partial charge in [0.05, 0.1) is 20.6 Å². The van der Waals surface area contributed by atoms with Crippen LogP contribution in [0.1, 0.15) is 18.1 Å². The highest BCUT2D eigenvalue weighted by Gasteiger charge is 2.17. The molecular weight excluding hydrogens is 334 g/mol. The van der Waals surface area contributed by atoms with Crippen molar-refractivity contribution in [2.75, 3.05) is 14.2 Å². The predicted octanol–water partition coefficient (Wildman–Crippen LogP) is 2.49. The molecular formula is C20H23NO5. The maximum Gasteiger partial charge on any atom is 0.311 e. The van der Waals surface area contributed by atoms with Crippen molar-refractivity contribution in [2.24, 2.45) is 0 Å². The predicted molar refractivity (Wildman–Crippen MR) is 97.1 cm³/mol. The average molecular weight is 357 g/mol. The molecule has 0 heterocycles. The number of carbonyl (C=O) groups is 2. The molecule has 0 aliphatic rings. The second kappa shape index (κ2) is 9.46. The molecule has 0 aliphatic heterocycles. The van der Waals surface area contributed by atoms with Gasteiger partial charge in [-0.1, -0.05) is 24.3 Å². The number of hydrogen-bond donors (Lipinski definition) is 1. The number of hydrogen-bond acceptors (Lipinski definition) is 5. The monoisotopic (exact) mass is 357 g/mol. The largest absolute Gasteiger partial charge is 0.497 e. The molecule has 0 saturated carbocycles. The van der Waals surface area contributed by atoms with E-state index in [2.05, 4.69) is 5.32 Å². The molecule has 6 nitrogen and oxygen atoms in total. The normalized spacial score (nSPS) is 11.3. The molecule has 138 valence electrons. The molecule has 0 radical (unpaired) electrons. The lowest BCUT2D eigenvalue weighted by Crippen LogP contribution is -2.35. The first-order valence-electron chi connectivity index (χ1n) is 8.25. The number of esters is 1. The summed E-state index contributed by atoms with van der Waals surface area (Å²) >= 11 is 0. The topological polar surface area (TPSA) is 73.9 Å². The van der Waals surface area contributed by atoms with Crippen LogP contribution in [0.5, 0.6) is 11.5 Å². The van der Waals surface area contributed by atoms with Crippen LogP contribution in [0.15, 0.2) is 48.5 Å². The van der Waals surface area contributed by atoms with E-state index in [4.69, 9.17) is 14.2 Å².